The fourth-order valence-corrected chi connectivity index (χ4v) is 2.77. The van der Waals surface area contributed by atoms with Gasteiger partial charge in [-0.25, -0.2) is 9.97 Å². The van der Waals surface area contributed by atoms with Crippen LogP contribution < -0.4 is 10.6 Å². The molecule has 0 aliphatic heterocycles. The molecule has 2 aromatic carbocycles. The predicted octanol–water partition coefficient (Wildman–Crippen LogP) is 4.33. The Morgan fingerprint density at radius 3 is 2.56 bits per heavy atom. The molecular formula is C21H17N5O. The minimum Gasteiger partial charge on any atom is -0.324 e. The molecule has 0 spiro atoms. The summed E-state index contributed by atoms with van der Waals surface area (Å²) in [6.45, 7) is 1.99. The van der Waals surface area contributed by atoms with Gasteiger partial charge in [0.15, 0.2) is 0 Å². The first kappa shape index (κ1) is 16.7. The second-order valence-electron chi connectivity index (χ2n) is 6.04. The molecular weight excluding hydrogens is 338 g/mol. The van der Waals surface area contributed by atoms with Gasteiger partial charge in [0.25, 0.3) is 5.91 Å². The molecule has 132 valence electrons. The van der Waals surface area contributed by atoms with E-state index in [2.05, 4.69) is 25.6 Å². The number of nitrogens with one attached hydrogen (secondary N) is 2. The molecule has 0 fully saturated rings. The number of nitrogens with zero attached hydrogens (tertiary/aromatic N) is 3. The highest BCUT2D eigenvalue weighted by Gasteiger charge is 2.12. The Kier molecular flexibility index (Phi) is 4.45. The van der Waals surface area contributed by atoms with Crippen molar-refractivity contribution in [2.45, 2.75) is 6.92 Å². The van der Waals surface area contributed by atoms with E-state index in [1.54, 1.807) is 18.5 Å². The molecule has 0 atom stereocenters. The summed E-state index contributed by atoms with van der Waals surface area (Å²) in [6, 6.07) is 18.9. The van der Waals surface area contributed by atoms with E-state index >= 15 is 0 Å². The molecule has 2 aromatic heterocycles. The number of pyridine rings is 1. The van der Waals surface area contributed by atoms with Crippen molar-refractivity contribution in [3.63, 3.8) is 0 Å². The van der Waals surface area contributed by atoms with Crippen LogP contribution in [0.25, 0.3) is 10.9 Å². The lowest BCUT2D eigenvalue weighted by molar-refractivity contribution is 0.102. The summed E-state index contributed by atoms with van der Waals surface area (Å²) in [5.41, 5.74) is 3.62. The van der Waals surface area contributed by atoms with E-state index in [9.17, 15) is 4.79 Å². The molecule has 6 heteroatoms. The molecule has 4 aromatic rings. The average molecular weight is 355 g/mol. The maximum absolute atomic E-state index is 12.7. The van der Waals surface area contributed by atoms with Crippen LogP contribution in [0.3, 0.4) is 0 Å². The lowest BCUT2D eigenvalue weighted by atomic mass is 10.2. The van der Waals surface area contributed by atoms with E-state index in [4.69, 9.17) is 0 Å². The first-order valence-electron chi connectivity index (χ1n) is 8.51. The summed E-state index contributed by atoms with van der Waals surface area (Å²) >= 11 is 0. The number of benzene rings is 2. The number of amides is 1. The average Bonchev–Trinajstić information content (AvgIpc) is 2.70. The van der Waals surface area contributed by atoms with Crippen molar-refractivity contribution in [2.24, 2.45) is 0 Å². The topological polar surface area (TPSA) is 79.8 Å². The molecule has 1 amide bonds. The summed E-state index contributed by atoms with van der Waals surface area (Å²) in [6.07, 6.45) is 3.26. The molecule has 6 nitrogen and oxygen atoms in total. The third-order valence-corrected chi connectivity index (χ3v) is 4.16. The Morgan fingerprint density at radius 2 is 1.67 bits per heavy atom. The maximum atomic E-state index is 12.7. The molecule has 0 aliphatic rings. The zero-order valence-electron chi connectivity index (χ0n) is 14.7. The van der Waals surface area contributed by atoms with Gasteiger partial charge >= 0.3 is 0 Å². The van der Waals surface area contributed by atoms with Gasteiger partial charge in [-0.1, -0.05) is 36.4 Å². The highest BCUT2D eigenvalue weighted by atomic mass is 16.1. The number of aryl methyl sites for hydroxylation is 1. The van der Waals surface area contributed by atoms with Crippen LogP contribution in [-0.2, 0) is 0 Å². The lowest BCUT2D eigenvalue weighted by Crippen LogP contribution is -2.15. The summed E-state index contributed by atoms with van der Waals surface area (Å²) in [4.78, 5) is 25.6. The fourth-order valence-electron chi connectivity index (χ4n) is 2.77. The van der Waals surface area contributed by atoms with Gasteiger partial charge in [0, 0.05) is 23.5 Å². The maximum Gasteiger partial charge on any atom is 0.274 e. The van der Waals surface area contributed by atoms with Crippen molar-refractivity contribution in [1.29, 1.82) is 0 Å². The number of hydrogen-bond acceptors (Lipinski definition) is 5. The van der Waals surface area contributed by atoms with Gasteiger partial charge in [0.05, 0.1) is 11.2 Å². The van der Waals surface area contributed by atoms with Crippen molar-refractivity contribution in [3.05, 3.63) is 84.3 Å². The molecule has 2 heterocycles. The molecule has 0 bridgehead atoms. The summed E-state index contributed by atoms with van der Waals surface area (Å²) in [5.74, 6) is 0.0522. The Balaban J connectivity index is 1.58. The number of hydrogen-bond donors (Lipinski definition) is 2. The molecule has 0 unspecified atom stereocenters. The quantitative estimate of drug-likeness (QED) is 0.569. The van der Waals surface area contributed by atoms with Gasteiger partial charge < -0.3 is 10.6 Å². The third kappa shape index (κ3) is 3.59. The normalized spacial score (nSPS) is 10.6. The number of para-hydroxylation sites is 2. The highest BCUT2D eigenvalue weighted by molar-refractivity contribution is 6.07. The third-order valence-electron chi connectivity index (χ3n) is 4.16. The van der Waals surface area contributed by atoms with E-state index in [1.165, 1.54) is 0 Å². The van der Waals surface area contributed by atoms with Crippen LogP contribution in [0.1, 0.15) is 16.1 Å². The SMILES string of the molecule is Cc1ccccc1Nc1nccc(C(=O)Nc2cccc3cccnc23)n1. The first-order valence-corrected chi connectivity index (χ1v) is 8.51. The van der Waals surface area contributed by atoms with E-state index in [0.717, 1.165) is 22.2 Å². The summed E-state index contributed by atoms with van der Waals surface area (Å²) < 4.78 is 0. The Hall–Kier alpha value is -3.80. The van der Waals surface area contributed by atoms with Crippen LogP contribution in [0.2, 0.25) is 0 Å². The first-order chi connectivity index (χ1) is 13.2. The van der Waals surface area contributed by atoms with E-state index in [1.807, 2.05) is 61.5 Å². The second-order valence-corrected chi connectivity index (χ2v) is 6.04. The minimum absolute atomic E-state index is 0.272. The van der Waals surface area contributed by atoms with Gasteiger partial charge in [-0.2, -0.15) is 0 Å². The van der Waals surface area contributed by atoms with Gasteiger partial charge in [-0.3, -0.25) is 9.78 Å². The van der Waals surface area contributed by atoms with Gasteiger partial charge in [0.2, 0.25) is 5.95 Å². The second kappa shape index (κ2) is 7.21. The Bertz CT molecular complexity index is 1120. The van der Waals surface area contributed by atoms with Crippen molar-refractivity contribution in [3.8, 4) is 0 Å². The van der Waals surface area contributed by atoms with Crippen LogP contribution in [0.4, 0.5) is 17.3 Å². The number of aromatic nitrogens is 3. The van der Waals surface area contributed by atoms with E-state index in [0.29, 0.717) is 11.6 Å². The Labute approximate surface area is 156 Å². The van der Waals surface area contributed by atoms with Crippen molar-refractivity contribution in [1.82, 2.24) is 15.0 Å². The molecule has 0 saturated carbocycles. The summed E-state index contributed by atoms with van der Waals surface area (Å²) in [7, 11) is 0. The number of anilines is 3. The molecule has 2 N–H and O–H groups in total. The molecule has 4 rings (SSSR count). The molecule has 27 heavy (non-hydrogen) atoms. The molecule has 0 radical (unpaired) electrons. The van der Waals surface area contributed by atoms with Gasteiger partial charge in [-0.05, 0) is 36.8 Å². The van der Waals surface area contributed by atoms with Crippen molar-refractivity contribution < 1.29 is 4.79 Å². The van der Waals surface area contributed by atoms with E-state index < -0.39 is 0 Å². The fraction of sp³-hybridized carbons (Fsp3) is 0.0476. The zero-order valence-corrected chi connectivity index (χ0v) is 14.7. The smallest absolute Gasteiger partial charge is 0.274 e. The zero-order chi connectivity index (χ0) is 18.6. The molecule has 0 saturated heterocycles. The monoisotopic (exact) mass is 355 g/mol. The minimum atomic E-state index is -0.316. The van der Waals surface area contributed by atoms with Crippen LogP contribution in [0.15, 0.2) is 73.1 Å². The molecule has 0 aliphatic carbocycles. The standard InChI is InChI=1S/C21H17N5O/c1-14-6-2-3-9-16(14)25-21-23-13-11-18(26-21)20(27)24-17-10-4-7-15-8-5-12-22-19(15)17/h2-13H,1H3,(H,24,27)(H,23,25,26). The van der Waals surface area contributed by atoms with Crippen LogP contribution in [-0.4, -0.2) is 20.9 Å². The number of carbonyl (C=O) groups is 1. The van der Waals surface area contributed by atoms with Crippen LogP contribution in [0, 0.1) is 6.92 Å². The lowest BCUT2D eigenvalue weighted by Gasteiger charge is -2.10. The largest absolute Gasteiger partial charge is 0.324 e. The van der Waals surface area contributed by atoms with Crippen molar-refractivity contribution >= 4 is 34.1 Å². The van der Waals surface area contributed by atoms with Crippen LogP contribution >= 0.6 is 0 Å². The number of carbonyl (C=O) groups excluding carboxylic acids is 1. The number of fused-ring (bicyclic) bond motifs is 1. The number of rotatable bonds is 4. The van der Waals surface area contributed by atoms with E-state index in [-0.39, 0.29) is 11.6 Å². The summed E-state index contributed by atoms with van der Waals surface area (Å²) in [5, 5.41) is 6.99. The predicted molar refractivity (Wildman–Crippen MR) is 106 cm³/mol. The van der Waals surface area contributed by atoms with Gasteiger partial charge in [-0.15, -0.1) is 0 Å². The van der Waals surface area contributed by atoms with Gasteiger partial charge in [0.1, 0.15) is 5.69 Å². The highest BCUT2D eigenvalue weighted by Crippen LogP contribution is 2.21. The van der Waals surface area contributed by atoms with Crippen LogP contribution in [0.5, 0.6) is 0 Å². The van der Waals surface area contributed by atoms with Crippen molar-refractivity contribution in [2.75, 3.05) is 10.6 Å². The Morgan fingerprint density at radius 1 is 0.852 bits per heavy atom.